The van der Waals surface area contributed by atoms with Crippen molar-refractivity contribution in [2.45, 2.75) is 64.6 Å². The van der Waals surface area contributed by atoms with E-state index in [0.29, 0.717) is 12.8 Å². The van der Waals surface area contributed by atoms with Crippen molar-refractivity contribution in [3.8, 4) is 28.7 Å². The number of unbranched alkanes of at least 4 members (excludes halogenated alkanes) is 3. The number of hydrogen-bond donors (Lipinski definition) is 4. The zero-order chi connectivity index (χ0) is 25.0. The second kappa shape index (κ2) is 10.2. The molecule has 4 N–H and O–H groups in total. The minimum absolute atomic E-state index is 0.0555. The first kappa shape index (κ1) is 25.2. The van der Waals surface area contributed by atoms with Gasteiger partial charge in [0.05, 0.1) is 7.11 Å². The van der Waals surface area contributed by atoms with Crippen LogP contribution in [0.1, 0.15) is 84.2 Å². The van der Waals surface area contributed by atoms with Crippen LogP contribution in [-0.2, 0) is 21.7 Å². The van der Waals surface area contributed by atoms with Gasteiger partial charge >= 0.3 is 11.9 Å². The van der Waals surface area contributed by atoms with Gasteiger partial charge in [0.25, 0.3) is 0 Å². The van der Waals surface area contributed by atoms with E-state index in [1.54, 1.807) is 0 Å². The van der Waals surface area contributed by atoms with Gasteiger partial charge in [-0.05, 0) is 25.3 Å². The summed E-state index contributed by atoms with van der Waals surface area (Å²) in [5.74, 6) is -5.15. The second-order valence-electron chi connectivity index (χ2n) is 8.29. The summed E-state index contributed by atoms with van der Waals surface area (Å²) in [4.78, 5) is 25.1. The van der Waals surface area contributed by atoms with Crippen LogP contribution in [-0.4, -0.2) is 39.5 Å². The van der Waals surface area contributed by atoms with E-state index >= 15 is 0 Å². The highest BCUT2D eigenvalue weighted by molar-refractivity contribution is 5.98. The molecular formula is C25H30O9. The molecule has 1 heterocycles. The van der Waals surface area contributed by atoms with E-state index in [-0.39, 0.29) is 52.3 Å². The Balaban J connectivity index is 2.16. The van der Waals surface area contributed by atoms with Gasteiger partial charge in [-0.2, -0.15) is 0 Å². The smallest absolute Gasteiger partial charge is 0.345 e. The molecule has 0 saturated carbocycles. The lowest BCUT2D eigenvalue weighted by Crippen LogP contribution is -2.25. The molecule has 3 rings (SSSR count). The van der Waals surface area contributed by atoms with Crippen LogP contribution in [0.4, 0.5) is 0 Å². The van der Waals surface area contributed by atoms with Crippen LogP contribution >= 0.6 is 0 Å². The number of phenolic OH excluding ortho intramolecular Hbond substituents is 3. The first-order valence-electron chi connectivity index (χ1n) is 11.3. The van der Waals surface area contributed by atoms with E-state index in [2.05, 4.69) is 0 Å². The Hall–Kier alpha value is -3.46. The van der Waals surface area contributed by atoms with E-state index in [1.807, 2.05) is 13.8 Å². The topological polar surface area (TPSA) is 143 Å². The molecule has 184 valence electrons. The number of cyclic esters (lactones) is 1. The minimum atomic E-state index is -1.92. The molecule has 1 unspecified atom stereocenters. The van der Waals surface area contributed by atoms with Crippen molar-refractivity contribution in [3.63, 3.8) is 0 Å². The summed E-state index contributed by atoms with van der Waals surface area (Å²) in [6, 6.07) is 3.34. The molecule has 34 heavy (non-hydrogen) atoms. The van der Waals surface area contributed by atoms with Gasteiger partial charge in [-0.15, -0.1) is 0 Å². The largest absolute Gasteiger partial charge is 0.508 e. The summed E-state index contributed by atoms with van der Waals surface area (Å²) in [5, 5.41) is 42.2. The number of esters is 2. The van der Waals surface area contributed by atoms with E-state index in [9.17, 15) is 30.0 Å². The molecule has 0 bridgehead atoms. The SMILES string of the molecule is CCCCCc1c(Oc2cc(O)cc3c2C(=O)OC3(O)CCCC)c(O)cc(O)c1C(=O)OC. The van der Waals surface area contributed by atoms with E-state index in [4.69, 9.17) is 14.2 Å². The summed E-state index contributed by atoms with van der Waals surface area (Å²) in [5.41, 5.74) is -0.00400. The number of methoxy groups -OCH3 is 1. The molecule has 0 amide bonds. The van der Waals surface area contributed by atoms with E-state index in [0.717, 1.165) is 31.4 Å². The molecule has 0 fully saturated rings. The van der Waals surface area contributed by atoms with Gasteiger partial charge in [0.2, 0.25) is 5.79 Å². The van der Waals surface area contributed by atoms with Crippen LogP contribution in [0.2, 0.25) is 0 Å². The molecule has 9 nitrogen and oxygen atoms in total. The molecule has 0 saturated heterocycles. The number of ether oxygens (including phenoxy) is 3. The Morgan fingerprint density at radius 2 is 1.74 bits per heavy atom. The van der Waals surface area contributed by atoms with Crippen molar-refractivity contribution in [2.24, 2.45) is 0 Å². The first-order chi connectivity index (χ1) is 16.2. The third-order valence-electron chi connectivity index (χ3n) is 5.81. The highest BCUT2D eigenvalue weighted by Gasteiger charge is 2.46. The Morgan fingerprint density at radius 1 is 1.03 bits per heavy atom. The number of fused-ring (bicyclic) bond motifs is 1. The molecular weight excluding hydrogens is 444 g/mol. The van der Waals surface area contributed by atoms with Crippen molar-refractivity contribution in [3.05, 3.63) is 40.5 Å². The van der Waals surface area contributed by atoms with Gasteiger partial charge < -0.3 is 34.6 Å². The predicted molar refractivity (Wildman–Crippen MR) is 121 cm³/mol. The molecule has 0 spiro atoms. The summed E-state index contributed by atoms with van der Waals surface area (Å²) in [7, 11) is 1.17. The predicted octanol–water partition coefficient (Wildman–Crippen LogP) is 4.62. The normalized spacial score (nSPS) is 16.8. The van der Waals surface area contributed by atoms with Gasteiger partial charge in [-0.25, -0.2) is 9.59 Å². The number of phenols is 3. The Labute approximate surface area is 197 Å². The number of aromatic hydroxyl groups is 3. The molecule has 0 aromatic heterocycles. The monoisotopic (exact) mass is 474 g/mol. The lowest BCUT2D eigenvalue weighted by Gasteiger charge is -2.22. The molecule has 1 aliphatic heterocycles. The van der Waals surface area contributed by atoms with Crippen LogP contribution in [0.15, 0.2) is 18.2 Å². The van der Waals surface area contributed by atoms with E-state index in [1.165, 1.54) is 13.2 Å². The molecule has 0 aliphatic carbocycles. The summed E-state index contributed by atoms with van der Waals surface area (Å²) >= 11 is 0. The van der Waals surface area contributed by atoms with Gasteiger partial charge in [-0.1, -0.05) is 33.1 Å². The average molecular weight is 475 g/mol. The van der Waals surface area contributed by atoms with Gasteiger partial charge in [0, 0.05) is 29.7 Å². The summed E-state index contributed by atoms with van der Waals surface area (Å²) < 4.78 is 16.0. The molecule has 9 heteroatoms. The van der Waals surface area contributed by atoms with Gasteiger partial charge in [0.15, 0.2) is 11.5 Å². The number of carbonyl (C=O) groups excluding carboxylic acids is 2. The maximum atomic E-state index is 12.7. The van der Waals surface area contributed by atoms with Crippen LogP contribution in [0, 0.1) is 0 Å². The lowest BCUT2D eigenvalue weighted by atomic mass is 9.96. The third-order valence-corrected chi connectivity index (χ3v) is 5.81. The fraction of sp³-hybridized carbons (Fsp3) is 0.440. The van der Waals surface area contributed by atoms with Gasteiger partial charge in [-0.3, -0.25) is 0 Å². The number of aliphatic hydroxyl groups is 1. The number of rotatable bonds is 10. The number of benzene rings is 2. The minimum Gasteiger partial charge on any atom is -0.508 e. The number of hydrogen-bond acceptors (Lipinski definition) is 9. The molecule has 1 atom stereocenters. The van der Waals surface area contributed by atoms with Crippen LogP contribution in [0.25, 0.3) is 0 Å². The van der Waals surface area contributed by atoms with Crippen LogP contribution in [0.5, 0.6) is 28.7 Å². The molecule has 0 radical (unpaired) electrons. The molecule has 2 aromatic rings. The summed E-state index contributed by atoms with van der Waals surface area (Å²) in [6.07, 6.45) is 4.03. The zero-order valence-electron chi connectivity index (χ0n) is 19.5. The average Bonchev–Trinajstić information content (AvgIpc) is 3.04. The highest BCUT2D eigenvalue weighted by atomic mass is 16.7. The summed E-state index contributed by atoms with van der Waals surface area (Å²) in [6.45, 7) is 3.92. The third kappa shape index (κ3) is 4.75. The van der Waals surface area contributed by atoms with Crippen molar-refractivity contribution in [2.75, 3.05) is 7.11 Å². The Morgan fingerprint density at radius 3 is 2.38 bits per heavy atom. The number of carbonyl (C=O) groups is 2. The van der Waals surface area contributed by atoms with Gasteiger partial charge in [0.1, 0.15) is 28.4 Å². The van der Waals surface area contributed by atoms with Crippen molar-refractivity contribution >= 4 is 11.9 Å². The van der Waals surface area contributed by atoms with Crippen LogP contribution in [0.3, 0.4) is 0 Å². The standard InChI is InChI=1S/C25H30O9/c1-4-6-8-9-15-20(23(29)32-3)17(27)13-18(28)22(15)33-19-12-14(26)11-16-21(19)24(30)34-25(16,31)10-7-5-2/h11-13,26-28,31H,4-10H2,1-3H3. The Bertz CT molecular complexity index is 1090. The molecule has 1 aliphatic rings. The maximum Gasteiger partial charge on any atom is 0.345 e. The van der Waals surface area contributed by atoms with Crippen molar-refractivity contribution < 1.29 is 44.2 Å². The van der Waals surface area contributed by atoms with Crippen LogP contribution < -0.4 is 4.74 Å². The lowest BCUT2D eigenvalue weighted by molar-refractivity contribution is -0.168. The maximum absolute atomic E-state index is 12.7. The second-order valence-corrected chi connectivity index (χ2v) is 8.29. The highest BCUT2D eigenvalue weighted by Crippen LogP contribution is 2.48. The Kier molecular flexibility index (Phi) is 7.56. The zero-order valence-corrected chi connectivity index (χ0v) is 19.5. The quantitative estimate of drug-likeness (QED) is 0.286. The first-order valence-corrected chi connectivity index (χ1v) is 11.3. The van der Waals surface area contributed by atoms with E-state index < -0.39 is 29.2 Å². The van der Waals surface area contributed by atoms with Crippen molar-refractivity contribution in [1.29, 1.82) is 0 Å². The van der Waals surface area contributed by atoms with Crippen molar-refractivity contribution in [1.82, 2.24) is 0 Å². The molecule has 2 aromatic carbocycles. The fourth-order valence-corrected chi connectivity index (χ4v) is 4.10. The fourth-order valence-electron chi connectivity index (χ4n) is 4.10.